The van der Waals surface area contributed by atoms with Gasteiger partial charge in [-0.1, -0.05) is 6.92 Å². The lowest BCUT2D eigenvalue weighted by atomic mass is 9.41. The molecule has 0 aromatic rings. The molecule has 40 heavy (non-hydrogen) atoms. The zero-order valence-electron chi connectivity index (χ0n) is 23.7. The Balaban J connectivity index is 1.26. The van der Waals surface area contributed by atoms with E-state index in [0.29, 0.717) is 38.5 Å². The van der Waals surface area contributed by atoms with Crippen molar-refractivity contribution in [1.29, 1.82) is 0 Å². The topological polar surface area (TPSA) is 152 Å². The minimum Gasteiger partial charge on any atom is -0.481 e. The number of aliphatic hydroxyl groups excluding tert-OH is 1. The van der Waals surface area contributed by atoms with E-state index in [4.69, 9.17) is 18.9 Å². The van der Waals surface area contributed by atoms with Gasteiger partial charge in [0.2, 0.25) is 0 Å². The minimum atomic E-state index is -1.50. The van der Waals surface area contributed by atoms with E-state index in [-0.39, 0.29) is 55.7 Å². The summed E-state index contributed by atoms with van der Waals surface area (Å²) in [6.07, 6.45) is 3.17. The molecule has 0 aromatic heterocycles. The fourth-order valence-electron chi connectivity index (χ4n) is 10.2. The molecule has 0 spiro atoms. The van der Waals surface area contributed by atoms with Gasteiger partial charge in [-0.2, -0.15) is 0 Å². The third-order valence-electron chi connectivity index (χ3n) is 12.1. The van der Waals surface area contributed by atoms with Gasteiger partial charge in [-0.15, -0.1) is 0 Å². The second-order valence-corrected chi connectivity index (χ2v) is 13.7. The summed E-state index contributed by atoms with van der Waals surface area (Å²) in [6.45, 7) is 4.21. The highest BCUT2D eigenvalue weighted by Crippen LogP contribution is 2.71. The Kier molecular flexibility index (Phi) is 6.95. The van der Waals surface area contributed by atoms with Crippen molar-refractivity contribution < 1.29 is 49.0 Å². The van der Waals surface area contributed by atoms with Crippen LogP contribution in [0.15, 0.2) is 11.6 Å². The van der Waals surface area contributed by atoms with Crippen molar-refractivity contribution in [3.05, 3.63) is 11.6 Å². The van der Waals surface area contributed by atoms with Crippen molar-refractivity contribution in [2.75, 3.05) is 13.7 Å². The number of rotatable bonds is 5. The number of hydrogen-bond donors (Lipinski definition) is 4. The van der Waals surface area contributed by atoms with Crippen molar-refractivity contribution in [1.82, 2.24) is 0 Å². The number of cyclic esters (lactones) is 1. The number of carboxylic acids is 1. The van der Waals surface area contributed by atoms with Crippen LogP contribution >= 0.6 is 0 Å². The molecule has 12 atom stereocenters. The largest absolute Gasteiger partial charge is 0.481 e. The summed E-state index contributed by atoms with van der Waals surface area (Å²) in [5.74, 6) is -1.97. The van der Waals surface area contributed by atoms with Crippen LogP contribution in [-0.4, -0.2) is 88.0 Å². The van der Waals surface area contributed by atoms with Crippen LogP contribution < -0.4 is 0 Å². The molecular formula is C30H44O10. The van der Waals surface area contributed by atoms with Gasteiger partial charge in [0.05, 0.1) is 34.9 Å². The molecule has 6 aliphatic rings. The Morgan fingerprint density at radius 3 is 2.50 bits per heavy atom. The number of carbonyl (C=O) groups excluding carboxylic acids is 1. The molecule has 4 aliphatic carbocycles. The van der Waals surface area contributed by atoms with Crippen LogP contribution in [0, 0.1) is 28.6 Å². The lowest BCUT2D eigenvalue weighted by Gasteiger charge is -2.65. The summed E-state index contributed by atoms with van der Waals surface area (Å²) in [4.78, 5) is 25.0. The molecule has 224 valence electrons. The van der Waals surface area contributed by atoms with Crippen LogP contribution in [0.4, 0.5) is 0 Å². The molecule has 10 nitrogen and oxygen atoms in total. The van der Waals surface area contributed by atoms with E-state index in [1.165, 1.54) is 7.11 Å². The Labute approximate surface area is 235 Å². The van der Waals surface area contributed by atoms with Gasteiger partial charge >= 0.3 is 11.9 Å². The molecule has 0 amide bonds. The minimum absolute atomic E-state index is 0.0117. The maximum absolute atomic E-state index is 13.2. The quantitative estimate of drug-likeness (QED) is 0.289. The standard InChI is InChI=1S/C30H44O10/c1-16-12-22(31)24(37-3)25(39-16)40-18-4-10-29(26(33)34)20-5-8-27(2)19(17-13-23(32)38-15-17)7-11-30(27,36)21(20)6-9-28(29,35)14-18/h13,16,18-22,24-25,31,35-36H,4-12,14-15H2,1-3H3,(H,33,34)/t16-,18+,19-,20+,21-,22-,24-,25+,27-,28+,29-,30+/m1/s1. The van der Waals surface area contributed by atoms with Crippen LogP contribution in [0.25, 0.3) is 0 Å². The first kappa shape index (κ1) is 28.6. The van der Waals surface area contributed by atoms with E-state index >= 15 is 0 Å². The molecule has 2 heterocycles. The molecule has 4 saturated carbocycles. The molecule has 5 fully saturated rings. The summed E-state index contributed by atoms with van der Waals surface area (Å²) < 4.78 is 22.9. The fourth-order valence-corrected chi connectivity index (χ4v) is 10.2. The molecule has 0 radical (unpaired) electrons. The highest BCUT2D eigenvalue weighted by atomic mass is 16.7. The van der Waals surface area contributed by atoms with Gasteiger partial charge in [0.25, 0.3) is 0 Å². The molecule has 0 aromatic carbocycles. The number of fused-ring (bicyclic) bond motifs is 5. The van der Waals surface area contributed by atoms with E-state index in [1.807, 2.05) is 6.92 Å². The first-order valence-corrected chi connectivity index (χ1v) is 15.0. The van der Waals surface area contributed by atoms with E-state index in [2.05, 4.69) is 6.92 Å². The predicted octanol–water partition coefficient (Wildman–Crippen LogP) is 2.32. The average molecular weight is 565 g/mol. The number of carbonyl (C=O) groups is 2. The summed E-state index contributed by atoms with van der Waals surface area (Å²) in [7, 11) is 1.50. The van der Waals surface area contributed by atoms with Crippen LogP contribution in [0.1, 0.15) is 78.1 Å². The molecule has 4 N–H and O–H groups in total. The van der Waals surface area contributed by atoms with E-state index in [0.717, 1.165) is 12.0 Å². The zero-order chi connectivity index (χ0) is 28.7. The van der Waals surface area contributed by atoms with Crippen LogP contribution in [0.2, 0.25) is 0 Å². The molecule has 0 bridgehead atoms. The zero-order valence-corrected chi connectivity index (χ0v) is 23.7. The number of hydrogen-bond acceptors (Lipinski definition) is 9. The lowest BCUT2D eigenvalue weighted by molar-refractivity contribution is -0.304. The second-order valence-electron chi connectivity index (χ2n) is 13.7. The molecule has 0 unspecified atom stereocenters. The van der Waals surface area contributed by atoms with E-state index in [9.17, 15) is 30.0 Å². The van der Waals surface area contributed by atoms with Crippen molar-refractivity contribution in [2.24, 2.45) is 28.6 Å². The number of carboxylic acid groups (broad SMARTS) is 1. The SMILES string of the molecule is CO[C@H]1[C@H](O[C@H]2CC[C@]3(C(=O)O)[C@H]4CC[C@]5(C)[C@@H](C6=CC(=O)OC6)CC[C@]5(O)[C@@H]4CC[C@]3(O)C2)O[C@H](C)C[C@H]1O. The summed E-state index contributed by atoms with van der Waals surface area (Å²) in [5, 5.41) is 45.9. The number of ether oxygens (including phenoxy) is 4. The van der Waals surface area contributed by atoms with Crippen molar-refractivity contribution >= 4 is 11.9 Å². The first-order valence-electron chi connectivity index (χ1n) is 15.0. The molecule has 1 saturated heterocycles. The lowest BCUT2D eigenvalue weighted by Crippen LogP contribution is -2.70. The monoisotopic (exact) mass is 564 g/mol. The van der Waals surface area contributed by atoms with Gasteiger partial charge in [0.15, 0.2) is 6.29 Å². The van der Waals surface area contributed by atoms with Crippen LogP contribution in [-0.2, 0) is 28.5 Å². The van der Waals surface area contributed by atoms with Gasteiger partial charge in [-0.05, 0) is 81.6 Å². The van der Waals surface area contributed by atoms with Crippen molar-refractivity contribution in [3.63, 3.8) is 0 Å². The van der Waals surface area contributed by atoms with E-state index in [1.54, 1.807) is 6.08 Å². The summed E-state index contributed by atoms with van der Waals surface area (Å²) in [6, 6.07) is 0. The summed E-state index contributed by atoms with van der Waals surface area (Å²) in [5.41, 5.74) is -3.54. The molecular weight excluding hydrogens is 520 g/mol. The third kappa shape index (κ3) is 3.89. The molecule has 6 rings (SSSR count). The second kappa shape index (κ2) is 9.74. The maximum atomic E-state index is 13.2. The molecule has 10 heteroatoms. The van der Waals surface area contributed by atoms with Crippen LogP contribution in [0.5, 0.6) is 0 Å². The van der Waals surface area contributed by atoms with Gasteiger partial charge in [0.1, 0.15) is 12.7 Å². The first-order chi connectivity index (χ1) is 18.9. The Bertz CT molecular complexity index is 1080. The number of esters is 1. The number of methoxy groups -OCH3 is 1. The number of aliphatic carboxylic acids is 1. The van der Waals surface area contributed by atoms with Gasteiger partial charge in [-0.25, -0.2) is 4.79 Å². The van der Waals surface area contributed by atoms with Crippen molar-refractivity contribution in [2.45, 2.75) is 120 Å². The van der Waals surface area contributed by atoms with Gasteiger partial charge in [-0.3, -0.25) is 4.79 Å². The van der Waals surface area contributed by atoms with Crippen molar-refractivity contribution in [3.8, 4) is 0 Å². The average Bonchev–Trinajstić information content (AvgIpc) is 3.42. The Hall–Kier alpha value is -1.56. The Morgan fingerprint density at radius 2 is 1.82 bits per heavy atom. The summed E-state index contributed by atoms with van der Waals surface area (Å²) >= 11 is 0. The smallest absolute Gasteiger partial charge is 0.331 e. The molecule has 2 aliphatic heterocycles. The predicted molar refractivity (Wildman–Crippen MR) is 140 cm³/mol. The highest BCUT2D eigenvalue weighted by molar-refractivity contribution is 5.85. The van der Waals surface area contributed by atoms with Gasteiger partial charge in [0, 0.05) is 31.4 Å². The Morgan fingerprint density at radius 1 is 1.07 bits per heavy atom. The third-order valence-corrected chi connectivity index (χ3v) is 12.1. The van der Waals surface area contributed by atoms with E-state index < -0.39 is 52.6 Å². The van der Waals surface area contributed by atoms with Crippen LogP contribution in [0.3, 0.4) is 0 Å². The van der Waals surface area contributed by atoms with Gasteiger partial charge < -0.3 is 39.4 Å². The maximum Gasteiger partial charge on any atom is 0.331 e. The normalized spacial score (nSPS) is 52.2. The fraction of sp³-hybridized carbons (Fsp3) is 0.867. The number of aliphatic hydroxyl groups is 3. The highest BCUT2D eigenvalue weighted by Gasteiger charge is 2.73.